The molecule has 9 nitrogen and oxygen atoms in total. The molecule has 0 spiro atoms. The molecular formula is C21H26N6O3. The SMILES string of the molecule is CCC[C@H](Oc1ccc2c(c1)OCCn1cc(-c3ncnn3C(C)C)nc1-2)C(N)=O. The summed E-state index contributed by atoms with van der Waals surface area (Å²) in [4.78, 5) is 20.9. The average molecular weight is 410 g/mol. The van der Waals surface area contributed by atoms with Gasteiger partial charge in [0.25, 0.3) is 5.91 Å². The molecule has 9 heteroatoms. The average Bonchev–Trinajstić information content (AvgIpc) is 3.32. The minimum Gasteiger partial charge on any atom is -0.491 e. The van der Waals surface area contributed by atoms with Crippen molar-refractivity contribution in [2.45, 2.75) is 52.3 Å². The molecule has 1 aromatic carbocycles. The zero-order valence-corrected chi connectivity index (χ0v) is 17.4. The van der Waals surface area contributed by atoms with Gasteiger partial charge in [0.15, 0.2) is 11.9 Å². The Morgan fingerprint density at radius 3 is 2.90 bits per heavy atom. The smallest absolute Gasteiger partial charge is 0.258 e. The number of hydrogen-bond donors (Lipinski definition) is 1. The van der Waals surface area contributed by atoms with E-state index in [1.165, 1.54) is 0 Å². The van der Waals surface area contributed by atoms with Gasteiger partial charge in [-0.3, -0.25) is 4.79 Å². The second-order valence-corrected chi connectivity index (χ2v) is 7.57. The van der Waals surface area contributed by atoms with E-state index in [0.29, 0.717) is 31.1 Å². The number of amides is 1. The summed E-state index contributed by atoms with van der Waals surface area (Å²) in [5.74, 6) is 2.26. The lowest BCUT2D eigenvalue weighted by molar-refractivity contribution is -0.125. The Kier molecular flexibility index (Phi) is 5.43. The van der Waals surface area contributed by atoms with Crippen LogP contribution in [-0.2, 0) is 11.3 Å². The number of fused-ring (bicyclic) bond motifs is 3. The molecule has 0 fully saturated rings. The summed E-state index contributed by atoms with van der Waals surface area (Å²) in [7, 11) is 0. The van der Waals surface area contributed by atoms with E-state index in [1.54, 1.807) is 12.4 Å². The first-order chi connectivity index (χ1) is 14.5. The predicted octanol–water partition coefficient (Wildman–Crippen LogP) is 2.81. The number of carbonyl (C=O) groups excluding carboxylic acids is 1. The molecular weight excluding hydrogens is 384 g/mol. The van der Waals surface area contributed by atoms with Crippen LogP contribution >= 0.6 is 0 Å². The monoisotopic (exact) mass is 410 g/mol. The maximum absolute atomic E-state index is 11.6. The minimum atomic E-state index is -0.658. The maximum Gasteiger partial charge on any atom is 0.258 e. The molecule has 4 rings (SSSR count). The summed E-state index contributed by atoms with van der Waals surface area (Å²) in [5.41, 5.74) is 7.08. The van der Waals surface area contributed by atoms with Crippen molar-refractivity contribution >= 4 is 5.91 Å². The molecule has 2 N–H and O–H groups in total. The van der Waals surface area contributed by atoms with Gasteiger partial charge in [-0.2, -0.15) is 5.10 Å². The molecule has 1 aliphatic heterocycles. The van der Waals surface area contributed by atoms with Gasteiger partial charge in [-0.05, 0) is 32.4 Å². The van der Waals surface area contributed by atoms with Crippen LogP contribution in [0, 0.1) is 0 Å². The first-order valence-electron chi connectivity index (χ1n) is 10.2. The number of aromatic nitrogens is 5. The quantitative estimate of drug-likeness (QED) is 0.641. The lowest BCUT2D eigenvalue weighted by atomic mass is 10.1. The van der Waals surface area contributed by atoms with Gasteiger partial charge in [0.2, 0.25) is 0 Å². The van der Waals surface area contributed by atoms with Gasteiger partial charge < -0.3 is 19.8 Å². The Morgan fingerprint density at radius 2 is 2.17 bits per heavy atom. The Balaban J connectivity index is 1.68. The molecule has 0 unspecified atom stereocenters. The van der Waals surface area contributed by atoms with Crippen LogP contribution in [0.1, 0.15) is 39.7 Å². The third kappa shape index (κ3) is 3.74. The number of nitrogens with two attached hydrogens (primary N) is 1. The predicted molar refractivity (Wildman–Crippen MR) is 111 cm³/mol. The normalized spacial score (nSPS) is 13.9. The maximum atomic E-state index is 11.6. The van der Waals surface area contributed by atoms with Crippen molar-refractivity contribution in [3.05, 3.63) is 30.7 Å². The highest BCUT2D eigenvalue weighted by atomic mass is 16.5. The van der Waals surface area contributed by atoms with Crippen LogP contribution in [0.4, 0.5) is 0 Å². The van der Waals surface area contributed by atoms with Crippen molar-refractivity contribution in [2.24, 2.45) is 5.73 Å². The fourth-order valence-corrected chi connectivity index (χ4v) is 3.54. The lowest BCUT2D eigenvalue weighted by Gasteiger charge is -2.16. The summed E-state index contributed by atoms with van der Waals surface area (Å²) >= 11 is 0. The van der Waals surface area contributed by atoms with Crippen molar-refractivity contribution < 1.29 is 14.3 Å². The van der Waals surface area contributed by atoms with E-state index in [0.717, 1.165) is 29.3 Å². The second kappa shape index (κ2) is 8.17. The molecule has 0 aliphatic carbocycles. The Bertz CT molecular complexity index is 1050. The van der Waals surface area contributed by atoms with Crippen LogP contribution in [0.5, 0.6) is 11.5 Å². The van der Waals surface area contributed by atoms with Gasteiger partial charge in [0.05, 0.1) is 12.1 Å². The Labute approximate surface area is 174 Å². The molecule has 2 aromatic heterocycles. The van der Waals surface area contributed by atoms with Crippen molar-refractivity contribution in [1.82, 2.24) is 24.3 Å². The zero-order valence-electron chi connectivity index (χ0n) is 17.4. The molecule has 0 radical (unpaired) electrons. The summed E-state index contributed by atoms with van der Waals surface area (Å²) in [6.07, 6.45) is 4.24. The van der Waals surface area contributed by atoms with Gasteiger partial charge in [-0.1, -0.05) is 13.3 Å². The van der Waals surface area contributed by atoms with Crippen LogP contribution in [0.15, 0.2) is 30.7 Å². The molecule has 3 heterocycles. The van der Waals surface area contributed by atoms with Crippen LogP contribution in [-0.4, -0.2) is 42.9 Å². The molecule has 1 amide bonds. The fraction of sp³-hybridized carbons (Fsp3) is 0.429. The zero-order chi connectivity index (χ0) is 21.3. The number of benzene rings is 1. The van der Waals surface area contributed by atoms with Crippen LogP contribution in [0.3, 0.4) is 0 Å². The summed E-state index contributed by atoms with van der Waals surface area (Å²) in [6.45, 7) is 7.24. The van der Waals surface area contributed by atoms with E-state index in [2.05, 4.69) is 28.5 Å². The van der Waals surface area contributed by atoms with Gasteiger partial charge >= 0.3 is 0 Å². The standard InChI is InChI=1S/C21H26N6O3/c1-4-5-17(19(22)28)30-14-6-7-15-18(10-14)29-9-8-26-11-16(25-20(15)26)21-23-12-24-27(21)13(2)3/h6-7,10-13,17H,4-5,8-9H2,1-3H3,(H2,22,28)/t17-/m0/s1. The third-order valence-electron chi connectivity index (χ3n) is 5.00. The van der Waals surface area contributed by atoms with Crippen molar-refractivity contribution in [1.29, 1.82) is 0 Å². The lowest BCUT2D eigenvalue weighted by Crippen LogP contribution is -2.33. The largest absolute Gasteiger partial charge is 0.491 e. The van der Waals surface area contributed by atoms with E-state index in [4.69, 9.17) is 20.2 Å². The fourth-order valence-electron chi connectivity index (χ4n) is 3.54. The van der Waals surface area contributed by atoms with Crippen molar-refractivity contribution in [2.75, 3.05) is 6.61 Å². The minimum absolute atomic E-state index is 0.181. The van der Waals surface area contributed by atoms with Gasteiger partial charge in [0.1, 0.15) is 36.0 Å². The van der Waals surface area contributed by atoms with Crippen LogP contribution in [0.2, 0.25) is 0 Å². The van der Waals surface area contributed by atoms with E-state index < -0.39 is 12.0 Å². The highest BCUT2D eigenvalue weighted by Gasteiger charge is 2.23. The summed E-state index contributed by atoms with van der Waals surface area (Å²) in [5, 5.41) is 4.31. The van der Waals surface area contributed by atoms with Crippen LogP contribution in [0.25, 0.3) is 22.9 Å². The van der Waals surface area contributed by atoms with E-state index >= 15 is 0 Å². The van der Waals surface area contributed by atoms with E-state index in [1.807, 2.05) is 29.9 Å². The molecule has 1 aliphatic rings. The van der Waals surface area contributed by atoms with E-state index in [-0.39, 0.29) is 6.04 Å². The van der Waals surface area contributed by atoms with Gasteiger partial charge in [0, 0.05) is 18.3 Å². The van der Waals surface area contributed by atoms with Gasteiger partial charge in [-0.25, -0.2) is 14.6 Å². The Hall–Kier alpha value is -3.36. The topological polar surface area (TPSA) is 110 Å². The molecule has 1 atom stereocenters. The van der Waals surface area contributed by atoms with Crippen molar-refractivity contribution in [3.63, 3.8) is 0 Å². The van der Waals surface area contributed by atoms with Crippen LogP contribution < -0.4 is 15.2 Å². The number of carbonyl (C=O) groups is 1. The molecule has 30 heavy (non-hydrogen) atoms. The highest BCUT2D eigenvalue weighted by Crippen LogP contribution is 2.36. The molecule has 158 valence electrons. The number of hydrogen-bond acceptors (Lipinski definition) is 6. The third-order valence-corrected chi connectivity index (χ3v) is 5.00. The van der Waals surface area contributed by atoms with Gasteiger partial charge in [-0.15, -0.1) is 0 Å². The van der Waals surface area contributed by atoms with Crippen molar-refractivity contribution in [3.8, 4) is 34.4 Å². The molecule has 0 bridgehead atoms. The number of ether oxygens (including phenoxy) is 2. The Morgan fingerprint density at radius 1 is 1.33 bits per heavy atom. The molecule has 3 aromatic rings. The first-order valence-corrected chi connectivity index (χ1v) is 10.2. The number of primary amides is 1. The number of imidazole rings is 1. The molecule has 0 saturated carbocycles. The second-order valence-electron chi connectivity index (χ2n) is 7.57. The number of rotatable bonds is 7. The molecule has 0 saturated heterocycles. The summed E-state index contributed by atoms with van der Waals surface area (Å²) in [6, 6.07) is 5.69. The van der Waals surface area contributed by atoms with E-state index in [9.17, 15) is 4.79 Å². The highest BCUT2D eigenvalue weighted by molar-refractivity contribution is 5.79. The number of nitrogens with zero attached hydrogens (tertiary/aromatic N) is 5. The summed E-state index contributed by atoms with van der Waals surface area (Å²) < 4.78 is 15.7. The first kappa shape index (κ1) is 19.9.